The van der Waals surface area contributed by atoms with Gasteiger partial charge in [-0.2, -0.15) is 4.98 Å². The second-order valence-corrected chi connectivity index (χ2v) is 12.7. The van der Waals surface area contributed by atoms with E-state index >= 15 is 0 Å². The number of nitrogens with zero attached hydrogens (tertiary/aromatic N) is 2. The van der Waals surface area contributed by atoms with Gasteiger partial charge in [-0.25, -0.2) is 19.2 Å². The van der Waals surface area contributed by atoms with Crippen LogP contribution in [-0.2, 0) is 23.7 Å². The number of ether oxygens (including phenoxy) is 5. The number of hydrogen-bond donors (Lipinski definition) is 0. The fourth-order valence-corrected chi connectivity index (χ4v) is 6.05. The first-order valence-electron chi connectivity index (χ1n) is 17.1. The van der Waals surface area contributed by atoms with Crippen molar-refractivity contribution in [1.82, 2.24) is 10.1 Å². The summed E-state index contributed by atoms with van der Waals surface area (Å²) in [6, 6.07) is 39.2. The maximum atomic E-state index is 13.8. The molecule has 0 radical (unpaired) electrons. The van der Waals surface area contributed by atoms with Gasteiger partial charge in [0.25, 0.3) is 5.89 Å². The molecular weight excluding hydrogens is 728 g/mol. The zero-order chi connectivity index (χ0) is 38.1. The molecule has 13 heteroatoms. The van der Waals surface area contributed by atoms with Crippen molar-refractivity contribution in [2.24, 2.45) is 0 Å². The molecule has 1 aromatic heterocycles. The Labute approximate surface area is 319 Å². The molecule has 6 aromatic rings. The molecule has 1 saturated heterocycles. The van der Waals surface area contributed by atoms with Crippen molar-refractivity contribution in [3.05, 3.63) is 179 Å². The zero-order valence-corrected chi connectivity index (χ0v) is 29.6. The van der Waals surface area contributed by atoms with Crippen molar-refractivity contribution in [1.29, 1.82) is 0 Å². The molecular formula is C42H31ClN2O10. The lowest BCUT2D eigenvalue weighted by molar-refractivity contribution is -0.233. The van der Waals surface area contributed by atoms with Gasteiger partial charge in [-0.1, -0.05) is 95.6 Å². The molecule has 2 heterocycles. The van der Waals surface area contributed by atoms with Crippen LogP contribution in [0.1, 0.15) is 53.4 Å². The maximum absolute atomic E-state index is 13.8. The Morgan fingerprint density at radius 3 is 1.55 bits per heavy atom. The Balaban J connectivity index is 1.33. The monoisotopic (exact) mass is 758 g/mol. The van der Waals surface area contributed by atoms with Crippen LogP contribution in [0, 0.1) is 0 Å². The third-order valence-electron chi connectivity index (χ3n) is 8.55. The van der Waals surface area contributed by atoms with Crippen molar-refractivity contribution in [3.8, 4) is 11.5 Å². The van der Waals surface area contributed by atoms with Crippen LogP contribution in [0.2, 0.25) is 5.02 Å². The Hall–Kier alpha value is -6.63. The largest absolute Gasteiger partial charge is 0.459 e. The van der Waals surface area contributed by atoms with E-state index in [2.05, 4.69) is 10.1 Å². The summed E-state index contributed by atoms with van der Waals surface area (Å²) in [4.78, 5) is 59.1. The van der Waals surface area contributed by atoms with Crippen molar-refractivity contribution < 1.29 is 47.4 Å². The first kappa shape index (κ1) is 36.7. The SMILES string of the molecule is O=C(OC[C@H]1O[C@@H](c2noc(-c3cccc(Cl)c3)n2)[C@H](OC(=O)c2ccccc2)[C@@H](OC(=O)c2ccccc2)[C@@H]1OC(=O)c1ccccc1)c1ccccc1. The summed E-state index contributed by atoms with van der Waals surface area (Å²) in [7, 11) is 0. The molecule has 0 saturated carbocycles. The molecule has 1 aliphatic rings. The first-order valence-corrected chi connectivity index (χ1v) is 17.5. The average molecular weight is 759 g/mol. The molecule has 12 nitrogen and oxygen atoms in total. The standard InChI is InChI=1S/C42H31ClN2O10/c43-31-23-13-22-30(24-31)38-44-37(45-55-38)36-35(54-42(49)29-20-11-4-12-21-29)34(53-41(48)28-18-9-3-10-19-28)33(52-40(47)27-16-7-2-8-17-27)32(51-36)25-50-39(46)26-14-5-1-6-15-26/h1-24,32-36H,25H2/t32-,33-,34+,35-,36-/m1/s1. The predicted molar refractivity (Wildman–Crippen MR) is 196 cm³/mol. The van der Waals surface area contributed by atoms with Crippen LogP contribution in [0.25, 0.3) is 11.5 Å². The van der Waals surface area contributed by atoms with E-state index in [9.17, 15) is 19.2 Å². The highest BCUT2D eigenvalue weighted by Crippen LogP contribution is 2.38. The van der Waals surface area contributed by atoms with Crippen LogP contribution in [0.4, 0.5) is 0 Å². The lowest BCUT2D eigenvalue weighted by Crippen LogP contribution is -2.60. The summed E-state index contributed by atoms with van der Waals surface area (Å²) < 4.78 is 36.1. The summed E-state index contributed by atoms with van der Waals surface area (Å²) in [6.45, 7) is -0.505. The topological polar surface area (TPSA) is 153 Å². The molecule has 0 bridgehead atoms. The number of halogens is 1. The average Bonchev–Trinajstić information content (AvgIpc) is 3.73. The summed E-state index contributed by atoms with van der Waals surface area (Å²) in [5, 5.41) is 4.57. The number of carbonyl (C=O) groups excluding carboxylic acids is 4. The quantitative estimate of drug-likeness (QED) is 0.0958. The van der Waals surface area contributed by atoms with E-state index in [0.29, 0.717) is 10.6 Å². The normalized spacial score (nSPS) is 19.1. The fourth-order valence-electron chi connectivity index (χ4n) is 5.86. The van der Waals surface area contributed by atoms with Crippen molar-refractivity contribution in [3.63, 3.8) is 0 Å². The molecule has 0 aliphatic carbocycles. The van der Waals surface area contributed by atoms with E-state index in [1.165, 1.54) is 36.4 Å². The van der Waals surface area contributed by atoms with Gasteiger partial charge in [-0.15, -0.1) is 0 Å². The third-order valence-corrected chi connectivity index (χ3v) is 8.78. The number of hydrogen-bond acceptors (Lipinski definition) is 12. The number of benzene rings is 5. The smallest absolute Gasteiger partial charge is 0.338 e. The highest BCUT2D eigenvalue weighted by atomic mass is 35.5. The van der Waals surface area contributed by atoms with Crippen LogP contribution in [-0.4, -0.2) is 65.0 Å². The second kappa shape index (κ2) is 17.0. The van der Waals surface area contributed by atoms with Crippen LogP contribution in [0.3, 0.4) is 0 Å². The van der Waals surface area contributed by atoms with Crippen molar-refractivity contribution >= 4 is 35.5 Å². The van der Waals surface area contributed by atoms with E-state index in [1.54, 1.807) is 109 Å². The van der Waals surface area contributed by atoms with E-state index in [-0.39, 0.29) is 34.0 Å². The van der Waals surface area contributed by atoms with Gasteiger partial charge in [-0.3, -0.25) is 0 Å². The lowest BCUT2D eigenvalue weighted by Gasteiger charge is -2.43. The maximum Gasteiger partial charge on any atom is 0.338 e. The number of aromatic nitrogens is 2. The molecule has 276 valence electrons. The Morgan fingerprint density at radius 1 is 0.564 bits per heavy atom. The minimum Gasteiger partial charge on any atom is -0.459 e. The van der Waals surface area contributed by atoms with Crippen molar-refractivity contribution in [2.75, 3.05) is 6.61 Å². The molecule has 0 unspecified atom stereocenters. The summed E-state index contributed by atoms with van der Waals surface area (Å²) in [5.74, 6) is -3.23. The third kappa shape index (κ3) is 8.78. The summed E-state index contributed by atoms with van der Waals surface area (Å²) in [6.07, 6.45) is -7.42. The Morgan fingerprint density at radius 2 is 1.04 bits per heavy atom. The predicted octanol–water partition coefficient (Wildman–Crippen LogP) is 7.36. The van der Waals surface area contributed by atoms with E-state index in [0.717, 1.165) is 0 Å². The molecule has 0 N–H and O–H groups in total. The molecule has 5 aromatic carbocycles. The van der Waals surface area contributed by atoms with Gasteiger partial charge in [0.15, 0.2) is 24.4 Å². The molecule has 55 heavy (non-hydrogen) atoms. The number of esters is 4. The van der Waals surface area contributed by atoms with Gasteiger partial charge in [0.2, 0.25) is 5.82 Å². The summed E-state index contributed by atoms with van der Waals surface area (Å²) >= 11 is 6.23. The van der Waals surface area contributed by atoms with Gasteiger partial charge in [0.1, 0.15) is 12.7 Å². The molecule has 5 atom stereocenters. The molecule has 1 aliphatic heterocycles. The van der Waals surface area contributed by atoms with Crippen LogP contribution in [0.5, 0.6) is 0 Å². The van der Waals surface area contributed by atoms with E-state index in [1.807, 2.05) is 0 Å². The van der Waals surface area contributed by atoms with Gasteiger partial charge in [0.05, 0.1) is 22.3 Å². The molecule has 0 spiro atoms. The molecule has 7 rings (SSSR count). The Bertz CT molecular complexity index is 2250. The highest BCUT2D eigenvalue weighted by molar-refractivity contribution is 6.30. The highest BCUT2D eigenvalue weighted by Gasteiger charge is 2.55. The number of carbonyl (C=O) groups is 4. The van der Waals surface area contributed by atoms with Gasteiger partial charge >= 0.3 is 23.9 Å². The van der Waals surface area contributed by atoms with Gasteiger partial charge in [-0.05, 0) is 66.7 Å². The van der Waals surface area contributed by atoms with Crippen LogP contribution < -0.4 is 0 Å². The summed E-state index contributed by atoms with van der Waals surface area (Å²) in [5.41, 5.74) is 1.22. The zero-order valence-electron chi connectivity index (χ0n) is 28.8. The van der Waals surface area contributed by atoms with E-state index < -0.39 is 61.0 Å². The molecule has 0 amide bonds. The van der Waals surface area contributed by atoms with Gasteiger partial charge < -0.3 is 28.2 Å². The second-order valence-electron chi connectivity index (χ2n) is 12.2. The lowest BCUT2D eigenvalue weighted by atomic mass is 9.93. The van der Waals surface area contributed by atoms with E-state index in [4.69, 9.17) is 39.8 Å². The molecule has 1 fully saturated rings. The van der Waals surface area contributed by atoms with Crippen molar-refractivity contribution in [2.45, 2.75) is 30.5 Å². The Kier molecular flexibility index (Phi) is 11.4. The van der Waals surface area contributed by atoms with Gasteiger partial charge in [0, 0.05) is 10.6 Å². The van der Waals surface area contributed by atoms with Crippen LogP contribution >= 0.6 is 11.6 Å². The van der Waals surface area contributed by atoms with Crippen LogP contribution in [0.15, 0.2) is 150 Å². The minimum atomic E-state index is -1.58. The first-order chi connectivity index (χ1) is 26.8. The number of rotatable bonds is 11. The minimum absolute atomic E-state index is 0.0525. The fraction of sp³-hybridized carbons (Fsp3) is 0.143.